The highest BCUT2D eigenvalue weighted by Crippen LogP contribution is 2.22. The SMILES string of the molecule is CN1NC(=O)C(c2ccc(C(=O)O)cc2)C1=O. The molecule has 1 aliphatic rings. The van der Waals surface area contributed by atoms with E-state index in [0.29, 0.717) is 5.56 Å². The lowest BCUT2D eigenvalue weighted by Crippen LogP contribution is -2.31. The van der Waals surface area contributed by atoms with Gasteiger partial charge >= 0.3 is 5.97 Å². The number of hydrazine groups is 1. The topological polar surface area (TPSA) is 86.7 Å². The molecule has 0 aliphatic carbocycles. The van der Waals surface area contributed by atoms with Gasteiger partial charge in [-0.15, -0.1) is 0 Å². The number of hydrogen-bond acceptors (Lipinski definition) is 3. The van der Waals surface area contributed by atoms with Crippen LogP contribution in [0.15, 0.2) is 24.3 Å². The molecule has 1 unspecified atom stereocenters. The van der Waals surface area contributed by atoms with Gasteiger partial charge in [0.25, 0.3) is 11.8 Å². The second-order valence-electron chi connectivity index (χ2n) is 3.73. The number of nitrogens with one attached hydrogen (secondary N) is 1. The van der Waals surface area contributed by atoms with Crippen molar-refractivity contribution in [3.05, 3.63) is 35.4 Å². The summed E-state index contributed by atoms with van der Waals surface area (Å²) in [4.78, 5) is 33.8. The Balaban J connectivity index is 2.32. The highest BCUT2D eigenvalue weighted by atomic mass is 16.4. The predicted octanol–water partition coefficient (Wildman–Crippen LogP) is -0.0284. The molecule has 0 radical (unpaired) electrons. The molecule has 1 atom stereocenters. The summed E-state index contributed by atoms with van der Waals surface area (Å²) in [6.45, 7) is 0. The van der Waals surface area contributed by atoms with Gasteiger partial charge in [0.2, 0.25) is 0 Å². The van der Waals surface area contributed by atoms with Gasteiger partial charge in [0.1, 0.15) is 5.92 Å². The molecule has 88 valence electrons. The van der Waals surface area contributed by atoms with Crippen LogP contribution in [-0.2, 0) is 9.59 Å². The van der Waals surface area contributed by atoms with Crippen molar-refractivity contribution < 1.29 is 19.5 Å². The van der Waals surface area contributed by atoms with Gasteiger partial charge in [-0.05, 0) is 17.7 Å². The van der Waals surface area contributed by atoms with Crippen molar-refractivity contribution in [3.8, 4) is 0 Å². The third kappa shape index (κ3) is 1.84. The standard InChI is InChI=1S/C11H10N2O4/c1-13-10(15)8(9(14)12-13)6-2-4-7(5-3-6)11(16)17/h2-5,8H,1H3,(H,12,14)(H,16,17). The van der Waals surface area contributed by atoms with Crippen LogP contribution in [0.3, 0.4) is 0 Å². The number of carbonyl (C=O) groups is 3. The molecule has 1 aliphatic heterocycles. The zero-order valence-corrected chi connectivity index (χ0v) is 9.01. The number of carbonyl (C=O) groups excluding carboxylic acids is 2. The summed E-state index contributed by atoms with van der Waals surface area (Å²) in [6.07, 6.45) is 0. The molecule has 2 N–H and O–H groups in total. The molecule has 0 bridgehead atoms. The van der Waals surface area contributed by atoms with Crippen molar-refractivity contribution in [3.63, 3.8) is 0 Å². The Morgan fingerprint density at radius 2 is 1.88 bits per heavy atom. The fourth-order valence-electron chi connectivity index (χ4n) is 1.70. The Morgan fingerprint density at radius 1 is 1.29 bits per heavy atom. The molecule has 2 rings (SSSR count). The zero-order chi connectivity index (χ0) is 12.6. The smallest absolute Gasteiger partial charge is 0.335 e. The third-order valence-corrected chi connectivity index (χ3v) is 2.61. The zero-order valence-electron chi connectivity index (χ0n) is 9.01. The number of carboxylic acid groups (broad SMARTS) is 1. The van der Waals surface area contributed by atoms with E-state index < -0.39 is 17.8 Å². The molecule has 1 saturated heterocycles. The minimum absolute atomic E-state index is 0.118. The van der Waals surface area contributed by atoms with E-state index in [1.54, 1.807) is 0 Å². The molecule has 1 aromatic carbocycles. The summed E-state index contributed by atoms with van der Waals surface area (Å²) < 4.78 is 0. The van der Waals surface area contributed by atoms with Crippen LogP contribution in [0.1, 0.15) is 21.8 Å². The lowest BCUT2D eigenvalue weighted by atomic mass is 9.97. The molecule has 1 heterocycles. The number of aromatic carboxylic acids is 1. The first-order valence-corrected chi connectivity index (χ1v) is 4.92. The van der Waals surface area contributed by atoms with E-state index in [-0.39, 0.29) is 11.5 Å². The molecule has 1 aromatic rings. The largest absolute Gasteiger partial charge is 0.478 e. The van der Waals surface area contributed by atoms with Crippen molar-refractivity contribution in [2.75, 3.05) is 7.05 Å². The molecule has 6 nitrogen and oxygen atoms in total. The maximum absolute atomic E-state index is 11.7. The first-order valence-electron chi connectivity index (χ1n) is 4.92. The van der Waals surface area contributed by atoms with Crippen LogP contribution in [0.2, 0.25) is 0 Å². The van der Waals surface area contributed by atoms with Crippen LogP contribution in [-0.4, -0.2) is 34.9 Å². The van der Waals surface area contributed by atoms with Crippen LogP contribution in [0.25, 0.3) is 0 Å². The average molecular weight is 234 g/mol. The maximum atomic E-state index is 11.7. The summed E-state index contributed by atoms with van der Waals surface area (Å²) >= 11 is 0. The fraction of sp³-hybridized carbons (Fsp3) is 0.182. The van der Waals surface area contributed by atoms with Crippen molar-refractivity contribution in [1.29, 1.82) is 0 Å². The quantitative estimate of drug-likeness (QED) is 0.703. The lowest BCUT2D eigenvalue weighted by Gasteiger charge is -2.07. The van der Waals surface area contributed by atoms with E-state index in [0.717, 1.165) is 5.01 Å². The Morgan fingerprint density at radius 3 is 2.29 bits per heavy atom. The van der Waals surface area contributed by atoms with E-state index in [2.05, 4.69) is 5.43 Å². The highest BCUT2D eigenvalue weighted by Gasteiger charge is 2.38. The van der Waals surface area contributed by atoms with Gasteiger partial charge in [-0.3, -0.25) is 20.0 Å². The van der Waals surface area contributed by atoms with E-state index in [1.807, 2.05) is 0 Å². The van der Waals surface area contributed by atoms with Gasteiger partial charge in [0.05, 0.1) is 5.56 Å². The second-order valence-corrected chi connectivity index (χ2v) is 3.73. The highest BCUT2D eigenvalue weighted by molar-refractivity contribution is 6.10. The van der Waals surface area contributed by atoms with E-state index in [9.17, 15) is 14.4 Å². The minimum Gasteiger partial charge on any atom is -0.478 e. The van der Waals surface area contributed by atoms with Gasteiger partial charge in [0, 0.05) is 7.05 Å². The summed E-state index contributed by atoms with van der Waals surface area (Å²) in [5, 5.41) is 9.86. The molecular formula is C11H10N2O4. The monoisotopic (exact) mass is 234 g/mol. The van der Waals surface area contributed by atoms with Gasteiger partial charge < -0.3 is 5.11 Å². The molecule has 0 spiro atoms. The Kier molecular flexibility index (Phi) is 2.55. The van der Waals surface area contributed by atoms with Gasteiger partial charge in [-0.2, -0.15) is 0 Å². The van der Waals surface area contributed by atoms with E-state index in [1.165, 1.54) is 31.3 Å². The van der Waals surface area contributed by atoms with Crippen molar-refractivity contribution >= 4 is 17.8 Å². The molecule has 0 saturated carbocycles. The fourth-order valence-corrected chi connectivity index (χ4v) is 1.70. The Hall–Kier alpha value is -2.37. The van der Waals surface area contributed by atoms with Crippen LogP contribution < -0.4 is 5.43 Å². The van der Waals surface area contributed by atoms with Crippen molar-refractivity contribution in [2.45, 2.75) is 5.92 Å². The number of carboxylic acids is 1. The Bertz CT molecular complexity index is 495. The predicted molar refractivity (Wildman–Crippen MR) is 57.1 cm³/mol. The maximum Gasteiger partial charge on any atom is 0.335 e. The second kappa shape index (κ2) is 3.89. The molecular weight excluding hydrogens is 224 g/mol. The Labute approximate surface area is 96.8 Å². The summed E-state index contributed by atoms with van der Waals surface area (Å²) in [5.41, 5.74) is 2.99. The number of amides is 2. The number of rotatable bonds is 2. The van der Waals surface area contributed by atoms with Crippen LogP contribution in [0.4, 0.5) is 0 Å². The lowest BCUT2D eigenvalue weighted by molar-refractivity contribution is -0.129. The van der Waals surface area contributed by atoms with E-state index in [4.69, 9.17) is 5.11 Å². The number of benzene rings is 1. The van der Waals surface area contributed by atoms with Gasteiger partial charge in [-0.25, -0.2) is 4.79 Å². The van der Waals surface area contributed by atoms with Crippen molar-refractivity contribution in [2.24, 2.45) is 0 Å². The summed E-state index contributed by atoms with van der Waals surface area (Å²) in [5.74, 6) is -2.68. The van der Waals surface area contributed by atoms with Gasteiger partial charge in [0.15, 0.2) is 0 Å². The number of hydrogen-bond donors (Lipinski definition) is 2. The molecule has 2 amide bonds. The number of likely N-dealkylation sites (N-methyl/N-ethyl adjacent to an activating group) is 1. The summed E-state index contributed by atoms with van der Waals surface area (Å²) in [7, 11) is 1.46. The van der Waals surface area contributed by atoms with Crippen LogP contribution in [0.5, 0.6) is 0 Å². The van der Waals surface area contributed by atoms with Crippen LogP contribution >= 0.6 is 0 Å². The van der Waals surface area contributed by atoms with Crippen molar-refractivity contribution in [1.82, 2.24) is 10.4 Å². The summed E-state index contributed by atoms with van der Waals surface area (Å²) in [6, 6.07) is 5.70. The third-order valence-electron chi connectivity index (χ3n) is 2.61. The molecule has 1 fully saturated rings. The van der Waals surface area contributed by atoms with Crippen LogP contribution in [0, 0.1) is 0 Å². The number of nitrogens with zero attached hydrogens (tertiary/aromatic N) is 1. The minimum atomic E-state index is -1.05. The first-order chi connectivity index (χ1) is 8.00. The first kappa shape index (κ1) is 11.1. The molecule has 6 heteroatoms. The average Bonchev–Trinajstić information content (AvgIpc) is 2.53. The molecule has 0 aromatic heterocycles. The normalized spacial score (nSPS) is 19.4. The van der Waals surface area contributed by atoms with Gasteiger partial charge in [-0.1, -0.05) is 12.1 Å². The molecule has 17 heavy (non-hydrogen) atoms. The van der Waals surface area contributed by atoms with E-state index >= 15 is 0 Å².